The van der Waals surface area contributed by atoms with E-state index in [1.165, 1.54) is 53.5 Å². The first-order chi connectivity index (χ1) is 11.7. The van der Waals surface area contributed by atoms with Crippen LogP contribution in [0.1, 0.15) is 18.4 Å². The number of hydrogen-bond donors (Lipinski definition) is 0. The van der Waals surface area contributed by atoms with Crippen LogP contribution in [0.3, 0.4) is 0 Å². The zero-order valence-electron chi connectivity index (χ0n) is 14.1. The van der Waals surface area contributed by atoms with Crippen LogP contribution in [0.15, 0.2) is 48.7 Å². The summed E-state index contributed by atoms with van der Waals surface area (Å²) in [7, 11) is 0. The predicted molar refractivity (Wildman–Crippen MR) is 103 cm³/mol. The van der Waals surface area contributed by atoms with E-state index in [2.05, 4.69) is 52.9 Å². The van der Waals surface area contributed by atoms with E-state index >= 15 is 0 Å². The molecule has 0 aliphatic carbocycles. The summed E-state index contributed by atoms with van der Waals surface area (Å²) < 4.78 is 2.38. The van der Waals surface area contributed by atoms with Crippen molar-refractivity contribution in [2.45, 2.75) is 26.3 Å². The Morgan fingerprint density at radius 2 is 1.75 bits per heavy atom. The number of likely N-dealkylation sites (tertiary alicyclic amines) is 1. The van der Waals surface area contributed by atoms with Gasteiger partial charge in [-0.05, 0) is 79.2 Å². The number of hydrogen-bond acceptors (Lipinski definition) is 1. The largest absolute Gasteiger partial charge is 0.346 e. The van der Waals surface area contributed by atoms with Crippen LogP contribution < -0.4 is 0 Å². The summed E-state index contributed by atoms with van der Waals surface area (Å²) in [6.07, 6.45) is 4.92. The number of rotatable bonds is 4. The molecule has 0 bridgehead atoms. The topological polar surface area (TPSA) is 8.17 Å². The van der Waals surface area contributed by atoms with Gasteiger partial charge in [-0.15, -0.1) is 0 Å². The molecule has 1 aliphatic rings. The lowest BCUT2D eigenvalue weighted by Crippen LogP contribution is -2.23. The molecule has 1 aliphatic heterocycles. The van der Waals surface area contributed by atoms with Crippen molar-refractivity contribution in [2.75, 3.05) is 19.6 Å². The molecule has 2 heterocycles. The Labute approximate surface area is 148 Å². The van der Waals surface area contributed by atoms with Gasteiger partial charge in [0.2, 0.25) is 0 Å². The Morgan fingerprint density at radius 1 is 0.917 bits per heavy atom. The molecule has 2 aromatic carbocycles. The van der Waals surface area contributed by atoms with Gasteiger partial charge in [-0.2, -0.15) is 0 Å². The van der Waals surface area contributed by atoms with Gasteiger partial charge >= 0.3 is 0 Å². The Morgan fingerprint density at radius 3 is 2.54 bits per heavy atom. The molecule has 0 N–H and O–H groups in total. The molecule has 4 rings (SSSR count). The second-order valence-corrected chi connectivity index (χ2v) is 7.29. The zero-order valence-corrected chi connectivity index (χ0v) is 14.9. The fraction of sp³-hybridized carbons (Fsp3) is 0.333. The molecular formula is C21H23ClN2. The normalized spacial score (nSPS) is 15.4. The first kappa shape index (κ1) is 15.7. The van der Waals surface area contributed by atoms with E-state index in [1.54, 1.807) is 0 Å². The Balaban J connectivity index is 1.64. The van der Waals surface area contributed by atoms with Crippen molar-refractivity contribution in [1.29, 1.82) is 0 Å². The van der Waals surface area contributed by atoms with Gasteiger partial charge in [0, 0.05) is 29.8 Å². The fourth-order valence-electron chi connectivity index (χ4n) is 3.72. The highest BCUT2D eigenvalue weighted by Crippen LogP contribution is 2.28. The van der Waals surface area contributed by atoms with Gasteiger partial charge in [0.1, 0.15) is 0 Å². The molecule has 0 radical (unpaired) electrons. The molecule has 24 heavy (non-hydrogen) atoms. The molecule has 0 atom stereocenters. The minimum atomic E-state index is 0.800. The Hall–Kier alpha value is -1.77. The van der Waals surface area contributed by atoms with Crippen molar-refractivity contribution in [1.82, 2.24) is 9.47 Å². The molecular weight excluding hydrogens is 316 g/mol. The van der Waals surface area contributed by atoms with Crippen LogP contribution in [0.25, 0.3) is 22.0 Å². The van der Waals surface area contributed by atoms with E-state index in [4.69, 9.17) is 11.6 Å². The summed E-state index contributed by atoms with van der Waals surface area (Å²) in [6, 6.07) is 15.2. The van der Waals surface area contributed by atoms with Gasteiger partial charge in [-0.3, -0.25) is 0 Å². The van der Waals surface area contributed by atoms with Gasteiger partial charge in [0.15, 0.2) is 0 Å². The number of nitrogens with zero attached hydrogens (tertiary/aromatic N) is 2. The van der Waals surface area contributed by atoms with E-state index in [0.29, 0.717) is 0 Å². The summed E-state index contributed by atoms with van der Waals surface area (Å²) >= 11 is 6.24. The van der Waals surface area contributed by atoms with Crippen molar-refractivity contribution in [2.24, 2.45) is 0 Å². The monoisotopic (exact) mass is 338 g/mol. The second-order valence-electron chi connectivity index (χ2n) is 6.85. The minimum Gasteiger partial charge on any atom is -0.346 e. The Bertz CT molecular complexity index is 839. The molecule has 3 aromatic rings. The average Bonchev–Trinajstić information content (AvgIpc) is 3.21. The molecule has 0 saturated carbocycles. The van der Waals surface area contributed by atoms with Gasteiger partial charge in [-0.1, -0.05) is 29.8 Å². The average molecular weight is 339 g/mol. The molecule has 0 amide bonds. The highest BCUT2D eigenvalue weighted by Gasteiger charge is 2.12. The molecule has 0 unspecified atom stereocenters. The van der Waals surface area contributed by atoms with Crippen LogP contribution >= 0.6 is 11.6 Å². The standard InChI is InChI=1S/C21H23ClN2/c1-16-12-19(14-20(22)13-16)18-5-4-17-6-9-24(21(17)15-18)11-10-23-7-2-3-8-23/h4-6,9,12-15H,2-3,7-8,10-11H2,1H3. The fourth-order valence-corrected chi connectivity index (χ4v) is 4.01. The van der Waals surface area contributed by atoms with Crippen LogP contribution in [0.4, 0.5) is 0 Å². The van der Waals surface area contributed by atoms with Crippen LogP contribution in [0, 0.1) is 6.92 Å². The third-order valence-electron chi connectivity index (χ3n) is 5.01. The molecule has 124 valence electrons. The van der Waals surface area contributed by atoms with Crippen molar-refractivity contribution < 1.29 is 0 Å². The second kappa shape index (κ2) is 6.62. The predicted octanol–water partition coefficient (Wildman–Crippen LogP) is 5.37. The molecule has 1 saturated heterocycles. The summed E-state index contributed by atoms with van der Waals surface area (Å²) in [6.45, 7) is 6.80. The molecule has 1 aromatic heterocycles. The Kier molecular flexibility index (Phi) is 4.34. The van der Waals surface area contributed by atoms with Crippen LogP contribution in [0.5, 0.6) is 0 Å². The van der Waals surface area contributed by atoms with E-state index in [1.807, 2.05) is 12.1 Å². The smallest absolute Gasteiger partial charge is 0.0486 e. The summed E-state index contributed by atoms with van der Waals surface area (Å²) in [5.41, 5.74) is 4.93. The SMILES string of the molecule is Cc1cc(Cl)cc(-c2ccc3ccn(CCN4CCCC4)c3c2)c1. The molecule has 1 fully saturated rings. The highest BCUT2D eigenvalue weighted by atomic mass is 35.5. The van der Waals surface area contributed by atoms with E-state index < -0.39 is 0 Å². The van der Waals surface area contributed by atoms with E-state index in [0.717, 1.165) is 18.1 Å². The third kappa shape index (κ3) is 3.22. The van der Waals surface area contributed by atoms with Gasteiger partial charge in [0.25, 0.3) is 0 Å². The van der Waals surface area contributed by atoms with E-state index in [-0.39, 0.29) is 0 Å². The number of halogens is 1. The summed E-state index contributed by atoms with van der Waals surface area (Å²) in [4.78, 5) is 2.57. The number of benzene rings is 2. The highest BCUT2D eigenvalue weighted by molar-refractivity contribution is 6.31. The maximum absolute atomic E-state index is 6.24. The lowest BCUT2D eigenvalue weighted by Gasteiger charge is -2.15. The van der Waals surface area contributed by atoms with Crippen LogP contribution in [0.2, 0.25) is 5.02 Å². The van der Waals surface area contributed by atoms with Gasteiger partial charge in [-0.25, -0.2) is 0 Å². The molecule has 0 spiro atoms. The van der Waals surface area contributed by atoms with Gasteiger partial charge in [0.05, 0.1) is 0 Å². The number of aryl methyl sites for hydroxylation is 1. The minimum absolute atomic E-state index is 0.800. The maximum Gasteiger partial charge on any atom is 0.0486 e. The van der Waals surface area contributed by atoms with E-state index in [9.17, 15) is 0 Å². The van der Waals surface area contributed by atoms with Crippen molar-refractivity contribution >= 4 is 22.5 Å². The van der Waals surface area contributed by atoms with Gasteiger partial charge < -0.3 is 9.47 Å². The lowest BCUT2D eigenvalue weighted by atomic mass is 10.0. The first-order valence-corrected chi connectivity index (χ1v) is 9.16. The van der Waals surface area contributed by atoms with Crippen molar-refractivity contribution in [3.05, 3.63) is 59.2 Å². The van der Waals surface area contributed by atoms with Crippen LogP contribution in [-0.2, 0) is 6.54 Å². The number of fused-ring (bicyclic) bond motifs is 1. The number of aromatic nitrogens is 1. The summed E-state index contributed by atoms with van der Waals surface area (Å²) in [5.74, 6) is 0. The maximum atomic E-state index is 6.24. The van der Waals surface area contributed by atoms with Crippen molar-refractivity contribution in [3.8, 4) is 11.1 Å². The first-order valence-electron chi connectivity index (χ1n) is 8.78. The van der Waals surface area contributed by atoms with Crippen molar-refractivity contribution in [3.63, 3.8) is 0 Å². The van der Waals surface area contributed by atoms with Crippen LogP contribution in [-0.4, -0.2) is 29.1 Å². The third-order valence-corrected chi connectivity index (χ3v) is 5.22. The molecule has 2 nitrogen and oxygen atoms in total. The summed E-state index contributed by atoms with van der Waals surface area (Å²) in [5, 5.41) is 2.11. The molecule has 3 heteroatoms. The lowest BCUT2D eigenvalue weighted by molar-refractivity contribution is 0.324. The quantitative estimate of drug-likeness (QED) is 0.621. The zero-order chi connectivity index (χ0) is 16.5.